The van der Waals surface area contributed by atoms with E-state index in [0.717, 1.165) is 0 Å². The van der Waals surface area contributed by atoms with E-state index in [0.29, 0.717) is 16.2 Å². The number of ether oxygens (including phenoxy) is 1. The predicted octanol–water partition coefficient (Wildman–Crippen LogP) is 4.36. The van der Waals surface area contributed by atoms with E-state index >= 15 is 0 Å². The molecular weight excluding hydrogens is 444 g/mol. The fourth-order valence-electron chi connectivity index (χ4n) is 4.67. The van der Waals surface area contributed by atoms with Gasteiger partial charge in [0, 0.05) is 22.6 Å². The maximum absolute atomic E-state index is 13.8. The third-order valence-corrected chi connectivity index (χ3v) is 10.7. The Balaban J connectivity index is 2.07. The molecule has 7 heteroatoms. The van der Waals surface area contributed by atoms with Crippen LogP contribution in [0.15, 0.2) is 70.5 Å². The van der Waals surface area contributed by atoms with Crippen LogP contribution in [0.3, 0.4) is 0 Å². The molecule has 0 heterocycles. The van der Waals surface area contributed by atoms with E-state index in [1.54, 1.807) is 48.5 Å². The second-order valence-electron chi connectivity index (χ2n) is 8.94. The summed E-state index contributed by atoms with van der Waals surface area (Å²) < 4.78 is 31.9. The van der Waals surface area contributed by atoms with Gasteiger partial charge in [-0.25, -0.2) is 0 Å². The fraction of sp³-hybridized carbons (Fsp3) is 0.440. The highest BCUT2D eigenvalue weighted by Crippen LogP contribution is 2.54. The maximum atomic E-state index is 13.8. The molecule has 0 N–H and O–H groups in total. The van der Waals surface area contributed by atoms with Crippen molar-refractivity contribution in [2.45, 2.75) is 48.5 Å². The van der Waals surface area contributed by atoms with Gasteiger partial charge in [0.15, 0.2) is 5.78 Å². The fourth-order valence-corrected chi connectivity index (χ4v) is 8.53. The molecule has 0 bridgehead atoms. The third kappa shape index (κ3) is 5.09. The number of carbonyl (C=O) groups excluding carboxylic acids is 2. The molecule has 1 fully saturated rings. The Morgan fingerprint density at radius 3 is 1.88 bits per heavy atom. The molecule has 32 heavy (non-hydrogen) atoms. The second kappa shape index (κ2) is 10.2. The molecule has 0 aromatic heterocycles. The molecule has 0 spiro atoms. The molecule has 1 aliphatic rings. The zero-order valence-corrected chi connectivity index (χ0v) is 20.5. The molecule has 3 rings (SSSR count). The molecule has 1 saturated carbocycles. The maximum Gasteiger partial charge on any atom is 0.303 e. The normalized spacial score (nSPS) is 24.9. The van der Waals surface area contributed by atoms with Crippen LogP contribution >= 0.6 is 0 Å². The minimum Gasteiger partial charge on any atom is -0.458 e. The molecule has 0 amide bonds. The summed E-state index contributed by atoms with van der Waals surface area (Å²) in [6, 6.07) is 18.0. The third-order valence-electron chi connectivity index (χ3n) is 6.61. The van der Waals surface area contributed by atoms with Gasteiger partial charge in [-0.2, -0.15) is 0 Å². The van der Waals surface area contributed by atoms with E-state index in [1.807, 2.05) is 26.0 Å². The van der Waals surface area contributed by atoms with Crippen molar-refractivity contribution in [1.29, 1.82) is 0 Å². The second-order valence-corrected chi connectivity index (χ2v) is 12.4. The van der Waals surface area contributed by atoms with E-state index in [-0.39, 0.29) is 24.2 Å². The number of rotatable bonds is 8. The standard InChI is InChI=1S/C25H30O5S2/c1-17-15-21(23(25(17,3)4)22(27)16-30-18(2)26)24(31(28)19-11-7-5-8-12-19)32(29)20-13-9-6-10-14-20/h5-14,17,21,23-24H,15-16H2,1-4H3/t17-,21-,23?,24?,31?,32?/m1/s1. The summed E-state index contributed by atoms with van der Waals surface area (Å²) in [5.41, 5.74) is -0.415. The van der Waals surface area contributed by atoms with Gasteiger partial charge in [-0.05, 0) is 47.9 Å². The number of carbonyl (C=O) groups is 2. The van der Waals surface area contributed by atoms with E-state index in [1.165, 1.54) is 6.92 Å². The summed E-state index contributed by atoms with van der Waals surface area (Å²) in [6.45, 7) is 7.05. The molecule has 3 unspecified atom stereocenters. The number of benzene rings is 2. The highest BCUT2D eigenvalue weighted by Gasteiger charge is 2.55. The van der Waals surface area contributed by atoms with Crippen LogP contribution in [0.25, 0.3) is 0 Å². The van der Waals surface area contributed by atoms with Gasteiger partial charge in [-0.3, -0.25) is 18.0 Å². The van der Waals surface area contributed by atoms with Crippen molar-refractivity contribution in [2.24, 2.45) is 23.2 Å². The Morgan fingerprint density at radius 1 is 0.969 bits per heavy atom. The van der Waals surface area contributed by atoms with Crippen molar-refractivity contribution < 1.29 is 22.7 Å². The number of ketones is 1. The van der Waals surface area contributed by atoms with Crippen molar-refractivity contribution in [2.75, 3.05) is 6.61 Å². The number of Topliss-reactive ketones (excluding diaryl/α,β-unsaturated/α-hetero) is 1. The van der Waals surface area contributed by atoms with Gasteiger partial charge in [0.25, 0.3) is 0 Å². The zero-order chi connectivity index (χ0) is 23.5. The summed E-state index contributed by atoms with van der Waals surface area (Å²) in [6.07, 6.45) is 0.616. The SMILES string of the molecule is CC(=O)OCC(=O)C1[C@H](C(S(=O)c2ccccc2)S(=O)c2ccccc2)C[C@@H](C)C1(C)C. The Hall–Kier alpha value is -2.12. The quantitative estimate of drug-likeness (QED) is 0.531. The highest BCUT2D eigenvalue weighted by atomic mass is 32.2. The van der Waals surface area contributed by atoms with Gasteiger partial charge in [-0.15, -0.1) is 0 Å². The van der Waals surface area contributed by atoms with Crippen LogP contribution in [-0.2, 0) is 35.9 Å². The molecule has 0 aliphatic heterocycles. The van der Waals surface area contributed by atoms with E-state index in [4.69, 9.17) is 4.74 Å². The van der Waals surface area contributed by atoms with Crippen LogP contribution in [0.5, 0.6) is 0 Å². The predicted molar refractivity (Wildman–Crippen MR) is 126 cm³/mol. The molecule has 2 aromatic rings. The molecule has 172 valence electrons. The minimum atomic E-state index is -1.60. The first-order valence-corrected chi connectivity index (χ1v) is 13.1. The Labute approximate surface area is 194 Å². The van der Waals surface area contributed by atoms with Crippen molar-refractivity contribution in [3.05, 3.63) is 60.7 Å². The molecule has 0 radical (unpaired) electrons. The van der Waals surface area contributed by atoms with Crippen LogP contribution in [0.1, 0.15) is 34.1 Å². The van der Waals surface area contributed by atoms with Crippen molar-refractivity contribution in [3.8, 4) is 0 Å². The van der Waals surface area contributed by atoms with Crippen molar-refractivity contribution in [1.82, 2.24) is 0 Å². The van der Waals surface area contributed by atoms with Crippen LogP contribution in [0, 0.1) is 23.2 Å². The molecule has 0 saturated heterocycles. The Bertz CT molecular complexity index is 952. The zero-order valence-electron chi connectivity index (χ0n) is 18.9. The first kappa shape index (κ1) is 24.5. The molecular formula is C25H30O5S2. The summed E-state index contributed by atoms with van der Waals surface area (Å²) in [5.74, 6) is -1.50. The van der Waals surface area contributed by atoms with Crippen LogP contribution in [-0.4, -0.2) is 31.4 Å². The van der Waals surface area contributed by atoms with Gasteiger partial charge in [-0.1, -0.05) is 57.2 Å². The molecule has 1 aliphatic carbocycles. The first-order chi connectivity index (χ1) is 15.1. The molecule has 5 nitrogen and oxygen atoms in total. The topological polar surface area (TPSA) is 77.5 Å². The summed E-state index contributed by atoms with van der Waals surface area (Å²) in [4.78, 5) is 25.8. The minimum absolute atomic E-state index is 0.141. The Morgan fingerprint density at radius 2 is 1.44 bits per heavy atom. The average molecular weight is 475 g/mol. The van der Waals surface area contributed by atoms with Crippen LogP contribution in [0.4, 0.5) is 0 Å². The lowest BCUT2D eigenvalue weighted by Crippen LogP contribution is -2.41. The monoisotopic (exact) mass is 474 g/mol. The average Bonchev–Trinajstić information content (AvgIpc) is 3.01. The van der Waals surface area contributed by atoms with Gasteiger partial charge in [0.1, 0.15) is 11.2 Å². The van der Waals surface area contributed by atoms with Crippen molar-refractivity contribution in [3.63, 3.8) is 0 Å². The summed E-state index contributed by atoms with van der Waals surface area (Å²) in [7, 11) is -3.20. The lowest BCUT2D eigenvalue weighted by atomic mass is 9.73. The Kier molecular flexibility index (Phi) is 7.83. The van der Waals surface area contributed by atoms with E-state index < -0.39 is 43.5 Å². The largest absolute Gasteiger partial charge is 0.458 e. The van der Waals surface area contributed by atoms with E-state index in [9.17, 15) is 18.0 Å². The first-order valence-electron chi connectivity index (χ1n) is 10.7. The van der Waals surface area contributed by atoms with Gasteiger partial charge < -0.3 is 4.74 Å². The number of hydrogen-bond donors (Lipinski definition) is 0. The lowest BCUT2D eigenvalue weighted by molar-refractivity contribution is -0.148. The van der Waals surface area contributed by atoms with Gasteiger partial charge in [0.05, 0.1) is 21.6 Å². The highest BCUT2D eigenvalue weighted by molar-refractivity contribution is 8.03. The van der Waals surface area contributed by atoms with Gasteiger partial charge in [0.2, 0.25) is 0 Å². The van der Waals surface area contributed by atoms with E-state index in [2.05, 4.69) is 6.92 Å². The smallest absolute Gasteiger partial charge is 0.303 e. The molecule has 2 aromatic carbocycles. The van der Waals surface area contributed by atoms with Gasteiger partial charge >= 0.3 is 5.97 Å². The van der Waals surface area contributed by atoms with Crippen LogP contribution in [0.2, 0.25) is 0 Å². The number of esters is 1. The molecule has 5 atom stereocenters. The number of hydrogen-bond acceptors (Lipinski definition) is 5. The van der Waals surface area contributed by atoms with Crippen LogP contribution < -0.4 is 0 Å². The lowest BCUT2D eigenvalue weighted by Gasteiger charge is -2.34. The van der Waals surface area contributed by atoms with Crippen molar-refractivity contribution >= 4 is 33.4 Å². The summed E-state index contributed by atoms with van der Waals surface area (Å²) in [5, 5.41) is 0. The summed E-state index contributed by atoms with van der Waals surface area (Å²) >= 11 is 0.